The van der Waals surface area contributed by atoms with Crippen LogP contribution >= 0.6 is 0 Å². The van der Waals surface area contributed by atoms with Gasteiger partial charge in [-0.05, 0) is 56.2 Å². The fourth-order valence-corrected chi connectivity index (χ4v) is 5.05. The van der Waals surface area contributed by atoms with Gasteiger partial charge in [-0.2, -0.15) is 0 Å². The van der Waals surface area contributed by atoms with E-state index in [1.807, 2.05) is 47.0 Å². The Morgan fingerprint density at radius 1 is 0.824 bits per heavy atom. The summed E-state index contributed by atoms with van der Waals surface area (Å²) in [6.45, 7) is 24.0. The lowest BCUT2D eigenvalue weighted by atomic mass is 10.0. The molecule has 0 aromatic carbocycles. The van der Waals surface area contributed by atoms with Gasteiger partial charge in [0, 0.05) is 6.08 Å². The molecule has 0 aliphatic heterocycles. The molecule has 2 N–H and O–H groups in total. The van der Waals surface area contributed by atoms with Crippen molar-refractivity contribution in [1.82, 2.24) is 0 Å². The zero-order chi connectivity index (χ0) is 27.1. The lowest BCUT2D eigenvalue weighted by molar-refractivity contribution is -0.166. The number of hydrogen-bond acceptors (Lipinski definition) is 8. The second-order valence-electron chi connectivity index (χ2n) is 11.5. The Morgan fingerprint density at radius 2 is 1.26 bits per heavy atom. The van der Waals surface area contributed by atoms with E-state index >= 15 is 0 Å². The van der Waals surface area contributed by atoms with Crippen LogP contribution in [0.25, 0.3) is 0 Å². The number of rotatable bonds is 12. The van der Waals surface area contributed by atoms with E-state index in [0.717, 1.165) is 0 Å². The first kappa shape index (κ1) is 33.0. The minimum Gasteiger partial charge on any atom is -0.464 e. The summed E-state index contributed by atoms with van der Waals surface area (Å²) in [6, 6.07) is 0. The van der Waals surface area contributed by atoms with Gasteiger partial charge < -0.3 is 28.5 Å². The van der Waals surface area contributed by atoms with E-state index in [0.29, 0.717) is 0 Å². The molecule has 0 fully saturated rings. The molecule has 0 radical (unpaired) electrons. The summed E-state index contributed by atoms with van der Waals surface area (Å²) in [5.41, 5.74) is 0. The van der Waals surface area contributed by atoms with Crippen LogP contribution in [0.15, 0.2) is 12.2 Å². The molecule has 0 bridgehead atoms. The molecule has 34 heavy (non-hydrogen) atoms. The smallest absolute Gasteiger partial charge is 0.337 e. The second kappa shape index (κ2) is 12.8. The highest BCUT2D eigenvalue weighted by atomic mass is 28.4. The fraction of sp³-hybridized carbons (Fsp3) is 0.833. The van der Waals surface area contributed by atoms with Crippen LogP contribution in [0.2, 0.25) is 36.3 Å². The van der Waals surface area contributed by atoms with Crippen molar-refractivity contribution in [3.63, 3.8) is 0 Å². The molecule has 10 heteroatoms. The molecule has 0 amide bonds. The summed E-state index contributed by atoms with van der Waals surface area (Å²) < 4.78 is 23.1. The molecule has 200 valence electrons. The summed E-state index contributed by atoms with van der Waals surface area (Å²) in [6.07, 6.45) is -2.78. The monoisotopic (exact) mass is 520 g/mol. The molecular formula is C24H48O8Si2. The molecule has 0 saturated heterocycles. The Bertz CT molecular complexity index is 692. The van der Waals surface area contributed by atoms with Crippen molar-refractivity contribution in [3.05, 3.63) is 12.2 Å². The molecule has 0 aliphatic carbocycles. The number of aliphatic hydroxyl groups is 2. The average molecular weight is 521 g/mol. The molecule has 0 aromatic rings. The van der Waals surface area contributed by atoms with Crippen LogP contribution in [0.1, 0.15) is 55.4 Å². The third-order valence-corrected chi connectivity index (χ3v) is 15.6. The van der Waals surface area contributed by atoms with E-state index in [-0.39, 0.29) is 23.3 Å². The van der Waals surface area contributed by atoms with Gasteiger partial charge in [-0.25, -0.2) is 9.59 Å². The Kier molecular flexibility index (Phi) is 12.4. The molecular weight excluding hydrogens is 472 g/mol. The lowest BCUT2D eigenvalue weighted by Crippen LogP contribution is -2.58. The van der Waals surface area contributed by atoms with Gasteiger partial charge in [0.2, 0.25) is 0 Å². The molecule has 0 saturated carbocycles. The SMILES string of the molecule is CCOC(=O)/C=C/[C@H](O[Si](C)(C)C(C)(C)C)[C@@H](O[Si](C)(C)C(C)(C)C)[C@@H](O)[C@H](O)C(=O)OCC. The predicted molar refractivity (Wildman–Crippen MR) is 139 cm³/mol. The molecule has 4 atom stereocenters. The molecule has 0 aromatic heterocycles. The van der Waals surface area contributed by atoms with Crippen molar-refractivity contribution in [1.29, 1.82) is 0 Å². The number of carbonyl (C=O) groups is 2. The normalized spacial score (nSPS) is 17.2. The molecule has 0 unspecified atom stereocenters. The maximum atomic E-state index is 12.3. The second-order valence-corrected chi connectivity index (χ2v) is 21.0. The highest BCUT2D eigenvalue weighted by molar-refractivity contribution is 6.74. The van der Waals surface area contributed by atoms with E-state index in [2.05, 4.69) is 20.8 Å². The van der Waals surface area contributed by atoms with Crippen LogP contribution in [0.3, 0.4) is 0 Å². The largest absolute Gasteiger partial charge is 0.464 e. The van der Waals surface area contributed by atoms with E-state index in [1.165, 1.54) is 12.2 Å². The summed E-state index contributed by atoms with van der Waals surface area (Å²) in [7, 11) is -4.97. The van der Waals surface area contributed by atoms with Crippen LogP contribution in [0.5, 0.6) is 0 Å². The lowest BCUT2D eigenvalue weighted by Gasteiger charge is -2.45. The Morgan fingerprint density at radius 3 is 1.68 bits per heavy atom. The zero-order valence-corrected chi connectivity index (χ0v) is 25.2. The summed E-state index contributed by atoms with van der Waals surface area (Å²) in [5, 5.41) is 21.4. The minimum absolute atomic E-state index is 0.0586. The highest BCUT2D eigenvalue weighted by Crippen LogP contribution is 2.41. The Balaban J connectivity index is 6.58. The van der Waals surface area contributed by atoms with Crippen LogP contribution in [0.4, 0.5) is 0 Å². The van der Waals surface area contributed by atoms with Crippen LogP contribution in [0, 0.1) is 0 Å². The number of hydrogen-bond donors (Lipinski definition) is 2. The average Bonchev–Trinajstić information content (AvgIpc) is 2.66. The van der Waals surface area contributed by atoms with Gasteiger partial charge in [-0.1, -0.05) is 41.5 Å². The van der Waals surface area contributed by atoms with Gasteiger partial charge >= 0.3 is 11.9 Å². The first-order valence-corrected chi connectivity index (χ1v) is 17.8. The van der Waals surface area contributed by atoms with E-state index < -0.39 is 53.0 Å². The molecule has 0 spiro atoms. The number of aliphatic hydroxyl groups excluding tert-OH is 2. The molecule has 0 aliphatic rings. The van der Waals surface area contributed by atoms with Crippen molar-refractivity contribution in [2.24, 2.45) is 0 Å². The maximum absolute atomic E-state index is 12.3. The zero-order valence-electron chi connectivity index (χ0n) is 23.2. The van der Waals surface area contributed by atoms with Crippen molar-refractivity contribution >= 4 is 28.6 Å². The minimum atomic E-state index is -2.52. The third kappa shape index (κ3) is 9.54. The van der Waals surface area contributed by atoms with Gasteiger partial charge in [0.25, 0.3) is 0 Å². The first-order valence-electron chi connectivity index (χ1n) is 11.9. The third-order valence-electron chi connectivity index (χ3n) is 6.69. The van der Waals surface area contributed by atoms with Crippen LogP contribution < -0.4 is 0 Å². The van der Waals surface area contributed by atoms with Crippen molar-refractivity contribution in [2.75, 3.05) is 13.2 Å². The first-order chi connectivity index (χ1) is 15.2. The van der Waals surface area contributed by atoms with Crippen molar-refractivity contribution in [2.45, 2.75) is 116 Å². The van der Waals surface area contributed by atoms with E-state index in [9.17, 15) is 19.8 Å². The fourth-order valence-electron chi connectivity index (χ4n) is 2.49. The van der Waals surface area contributed by atoms with E-state index in [1.54, 1.807) is 13.8 Å². The van der Waals surface area contributed by atoms with Gasteiger partial charge in [0.1, 0.15) is 12.2 Å². The quantitative estimate of drug-likeness (QED) is 0.224. The van der Waals surface area contributed by atoms with Crippen LogP contribution in [-0.4, -0.2) is 76.4 Å². The molecule has 0 rings (SSSR count). The maximum Gasteiger partial charge on any atom is 0.337 e. The molecule has 8 nitrogen and oxygen atoms in total. The summed E-state index contributed by atoms with van der Waals surface area (Å²) in [4.78, 5) is 24.4. The highest BCUT2D eigenvalue weighted by Gasteiger charge is 2.48. The number of carbonyl (C=O) groups excluding carboxylic acids is 2. The summed E-state index contributed by atoms with van der Waals surface area (Å²) >= 11 is 0. The Labute approximate surface area is 208 Å². The van der Waals surface area contributed by atoms with Crippen LogP contribution in [-0.2, 0) is 27.9 Å². The number of ether oxygens (including phenoxy) is 2. The molecule has 0 heterocycles. The Hall–Kier alpha value is -1.05. The van der Waals surface area contributed by atoms with Gasteiger partial charge in [-0.3, -0.25) is 0 Å². The standard InChI is InChI=1S/C24H48O8Si2/c1-13-29-18(25)16-15-17(31-33(9,10)23(3,4)5)21(32-34(11,12)24(6,7)8)19(26)20(27)22(28)30-14-2/h15-17,19-21,26-27H,13-14H2,1-12H3/b16-15+/t17-,19-,20-,21+/m0/s1. The topological polar surface area (TPSA) is 112 Å². The van der Waals surface area contributed by atoms with E-state index in [4.69, 9.17) is 18.3 Å². The predicted octanol–water partition coefficient (Wildman–Crippen LogP) is 4.17. The summed E-state index contributed by atoms with van der Waals surface area (Å²) in [5.74, 6) is -1.50. The van der Waals surface area contributed by atoms with Crippen molar-refractivity contribution < 1.29 is 38.1 Å². The van der Waals surface area contributed by atoms with Crippen molar-refractivity contribution in [3.8, 4) is 0 Å². The van der Waals surface area contributed by atoms with Gasteiger partial charge in [-0.15, -0.1) is 0 Å². The number of esters is 2. The van der Waals surface area contributed by atoms with Gasteiger partial charge in [0.15, 0.2) is 22.7 Å². The van der Waals surface area contributed by atoms with Gasteiger partial charge in [0.05, 0.1) is 19.3 Å².